The molecule has 3 aromatic carbocycles. The van der Waals surface area contributed by atoms with Gasteiger partial charge >= 0.3 is 5.97 Å². The molecule has 3 aromatic rings. The summed E-state index contributed by atoms with van der Waals surface area (Å²) in [5.41, 5.74) is 2.46. The van der Waals surface area contributed by atoms with E-state index >= 15 is 0 Å². The highest BCUT2D eigenvalue weighted by Gasteiger charge is 2.08. The molecule has 146 valence electrons. The number of benzene rings is 3. The van der Waals surface area contributed by atoms with Crippen LogP contribution in [0.15, 0.2) is 66.7 Å². The molecule has 1 N–H and O–H groups in total. The summed E-state index contributed by atoms with van der Waals surface area (Å²) >= 11 is 5.87. The van der Waals surface area contributed by atoms with Crippen LogP contribution in [-0.2, 0) is 11.2 Å². The van der Waals surface area contributed by atoms with Crippen molar-refractivity contribution in [2.45, 2.75) is 13.3 Å². The number of halogens is 1. The van der Waals surface area contributed by atoms with Gasteiger partial charge in [-0.05, 0) is 66.6 Å². The van der Waals surface area contributed by atoms with Gasteiger partial charge in [-0.1, -0.05) is 41.6 Å². The fraction of sp³-hybridized carbons (Fsp3) is 0.125. The average Bonchev–Trinajstić information content (AvgIpc) is 2.67. The highest BCUT2D eigenvalue weighted by Crippen LogP contribution is 2.32. The van der Waals surface area contributed by atoms with Crippen LogP contribution in [0.5, 0.6) is 17.2 Å². The lowest BCUT2D eigenvalue weighted by molar-refractivity contribution is -0.136. The zero-order valence-corrected chi connectivity index (χ0v) is 16.6. The van der Waals surface area contributed by atoms with Crippen LogP contribution in [0.25, 0.3) is 0 Å². The van der Waals surface area contributed by atoms with Crippen LogP contribution in [0, 0.1) is 18.8 Å². The lowest BCUT2D eigenvalue weighted by Gasteiger charge is -2.12. The normalized spacial score (nSPS) is 10.0. The first-order chi connectivity index (χ1) is 14.0. The second-order valence-electron chi connectivity index (χ2n) is 6.37. The molecule has 4 nitrogen and oxygen atoms in total. The maximum Gasteiger partial charge on any atom is 0.307 e. The predicted octanol–water partition coefficient (Wildman–Crippen LogP) is 5.50. The molecule has 0 fully saturated rings. The molecule has 0 saturated carbocycles. The minimum Gasteiger partial charge on any atom is -0.481 e. The Balaban J connectivity index is 1.70. The third-order valence-corrected chi connectivity index (χ3v) is 4.17. The number of carboxylic acid groups (broad SMARTS) is 1. The van der Waals surface area contributed by atoms with Crippen LogP contribution in [0.1, 0.15) is 16.7 Å². The highest BCUT2D eigenvalue weighted by atomic mass is 35.5. The number of hydrogen-bond acceptors (Lipinski definition) is 3. The fourth-order valence-electron chi connectivity index (χ4n) is 2.73. The molecule has 0 heterocycles. The Bertz CT molecular complexity index is 1060. The van der Waals surface area contributed by atoms with E-state index in [-0.39, 0.29) is 13.0 Å². The minimum absolute atomic E-state index is 0.0591. The first kappa shape index (κ1) is 20.3. The SMILES string of the molecule is Cc1cc(CC(=O)O)cc(Oc2ccccc2OCC#Cc2ccc(Cl)cc2)c1. The summed E-state index contributed by atoms with van der Waals surface area (Å²) in [6.45, 7) is 2.09. The molecule has 0 aliphatic rings. The fourth-order valence-corrected chi connectivity index (χ4v) is 2.85. The van der Waals surface area contributed by atoms with E-state index in [1.165, 1.54) is 0 Å². The standard InChI is InChI=1S/C24H19ClO4/c1-17-13-19(16-24(26)27)15-21(14-17)29-23-7-3-2-6-22(23)28-12-4-5-18-8-10-20(25)11-9-18/h2-3,6-11,13-15H,12,16H2,1H3,(H,26,27). The number of rotatable bonds is 6. The molecule has 3 rings (SSSR count). The van der Waals surface area contributed by atoms with E-state index in [1.54, 1.807) is 30.3 Å². The van der Waals surface area contributed by atoms with Gasteiger partial charge < -0.3 is 14.6 Å². The molecule has 0 saturated heterocycles. The summed E-state index contributed by atoms with van der Waals surface area (Å²) in [7, 11) is 0. The molecule has 29 heavy (non-hydrogen) atoms. The Kier molecular flexibility index (Phi) is 6.78. The predicted molar refractivity (Wildman–Crippen MR) is 113 cm³/mol. The Morgan fingerprint density at radius 3 is 2.48 bits per heavy atom. The van der Waals surface area contributed by atoms with E-state index in [4.69, 9.17) is 26.2 Å². The molecule has 0 radical (unpaired) electrons. The molecule has 0 aliphatic heterocycles. The van der Waals surface area contributed by atoms with Crippen LogP contribution in [0.4, 0.5) is 0 Å². The van der Waals surface area contributed by atoms with Crippen molar-refractivity contribution in [1.82, 2.24) is 0 Å². The van der Waals surface area contributed by atoms with Gasteiger partial charge in [-0.2, -0.15) is 0 Å². The Hall–Kier alpha value is -3.42. The number of para-hydroxylation sites is 2. The largest absolute Gasteiger partial charge is 0.481 e. The number of carboxylic acids is 1. The third kappa shape index (κ3) is 6.31. The van der Waals surface area contributed by atoms with Gasteiger partial charge in [0.05, 0.1) is 6.42 Å². The number of aliphatic carboxylic acids is 1. The summed E-state index contributed by atoms with van der Waals surface area (Å²) in [4.78, 5) is 11.0. The van der Waals surface area contributed by atoms with Gasteiger partial charge in [0, 0.05) is 10.6 Å². The molecule has 0 amide bonds. The van der Waals surface area contributed by atoms with Crippen LogP contribution in [0.2, 0.25) is 5.02 Å². The molecule has 5 heteroatoms. The van der Waals surface area contributed by atoms with Gasteiger partial charge in [-0.25, -0.2) is 0 Å². The molecule has 0 aromatic heterocycles. The summed E-state index contributed by atoms with van der Waals surface area (Å²) in [6.07, 6.45) is -0.0591. The summed E-state index contributed by atoms with van der Waals surface area (Å²) in [5, 5.41) is 9.69. The van der Waals surface area contributed by atoms with Crippen LogP contribution in [0.3, 0.4) is 0 Å². The van der Waals surface area contributed by atoms with Crippen molar-refractivity contribution >= 4 is 17.6 Å². The van der Waals surface area contributed by atoms with E-state index < -0.39 is 5.97 Å². The van der Waals surface area contributed by atoms with Gasteiger partial charge in [0.25, 0.3) is 0 Å². The van der Waals surface area contributed by atoms with E-state index in [9.17, 15) is 4.79 Å². The van der Waals surface area contributed by atoms with E-state index in [1.807, 2.05) is 43.3 Å². The number of aryl methyl sites for hydroxylation is 1. The van der Waals surface area contributed by atoms with Crippen molar-refractivity contribution in [1.29, 1.82) is 0 Å². The van der Waals surface area contributed by atoms with Gasteiger partial charge in [0.2, 0.25) is 0 Å². The molecule has 0 spiro atoms. The maximum absolute atomic E-state index is 11.0. The van der Waals surface area contributed by atoms with Crippen molar-refractivity contribution < 1.29 is 19.4 Å². The van der Waals surface area contributed by atoms with Gasteiger partial charge in [-0.15, -0.1) is 0 Å². The lowest BCUT2D eigenvalue weighted by atomic mass is 10.1. The van der Waals surface area contributed by atoms with Crippen LogP contribution in [-0.4, -0.2) is 17.7 Å². The minimum atomic E-state index is -0.885. The molecular weight excluding hydrogens is 388 g/mol. The zero-order valence-electron chi connectivity index (χ0n) is 15.8. The van der Waals surface area contributed by atoms with Crippen molar-refractivity contribution in [3.63, 3.8) is 0 Å². The molecular formula is C24H19ClO4. The molecule has 0 atom stereocenters. The van der Waals surface area contributed by atoms with Crippen molar-refractivity contribution in [3.8, 4) is 29.1 Å². The summed E-state index contributed by atoms with van der Waals surface area (Å²) in [5.74, 6) is 6.74. The third-order valence-electron chi connectivity index (χ3n) is 3.92. The zero-order chi connectivity index (χ0) is 20.6. The quantitative estimate of drug-likeness (QED) is 0.549. The first-order valence-corrected chi connectivity index (χ1v) is 9.34. The van der Waals surface area contributed by atoms with Crippen molar-refractivity contribution in [2.75, 3.05) is 6.61 Å². The van der Waals surface area contributed by atoms with Crippen LogP contribution < -0.4 is 9.47 Å². The van der Waals surface area contributed by atoms with Gasteiger partial charge in [0.1, 0.15) is 12.4 Å². The van der Waals surface area contributed by atoms with E-state index in [0.29, 0.717) is 27.8 Å². The van der Waals surface area contributed by atoms with Crippen molar-refractivity contribution in [3.05, 3.63) is 88.4 Å². The molecule has 0 bridgehead atoms. The second kappa shape index (κ2) is 9.68. The van der Waals surface area contributed by atoms with E-state index in [0.717, 1.165) is 11.1 Å². The monoisotopic (exact) mass is 406 g/mol. The van der Waals surface area contributed by atoms with Crippen LogP contribution >= 0.6 is 11.6 Å². The first-order valence-electron chi connectivity index (χ1n) is 8.96. The number of carbonyl (C=O) groups is 1. The van der Waals surface area contributed by atoms with E-state index in [2.05, 4.69) is 11.8 Å². The average molecular weight is 407 g/mol. The molecule has 0 unspecified atom stereocenters. The Morgan fingerprint density at radius 1 is 1.03 bits per heavy atom. The number of hydrogen-bond donors (Lipinski definition) is 1. The Morgan fingerprint density at radius 2 is 1.76 bits per heavy atom. The van der Waals surface area contributed by atoms with Gasteiger partial charge in [-0.3, -0.25) is 4.79 Å². The highest BCUT2D eigenvalue weighted by molar-refractivity contribution is 6.30. The second-order valence-corrected chi connectivity index (χ2v) is 6.81. The Labute approximate surface area is 174 Å². The number of ether oxygens (including phenoxy) is 2. The summed E-state index contributed by atoms with van der Waals surface area (Å²) in [6, 6.07) is 19.9. The topological polar surface area (TPSA) is 55.8 Å². The van der Waals surface area contributed by atoms with Gasteiger partial charge in [0.15, 0.2) is 11.5 Å². The van der Waals surface area contributed by atoms with Crippen molar-refractivity contribution in [2.24, 2.45) is 0 Å². The lowest BCUT2D eigenvalue weighted by Crippen LogP contribution is -2.01. The maximum atomic E-state index is 11.0. The smallest absolute Gasteiger partial charge is 0.307 e. The summed E-state index contributed by atoms with van der Waals surface area (Å²) < 4.78 is 11.7. The molecule has 0 aliphatic carbocycles.